The van der Waals surface area contributed by atoms with Crippen LogP contribution in [0.1, 0.15) is 51.0 Å². The maximum absolute atomic E-state index is 10.1. The second-order valence-corrected chi connectivity index (χ2v) is 10.5. The molecule has 0 spiro atoms. The number of methoxy groups -OCH3 is 1. The summed E-state index contributed by atoms with van der Waals surface area (Å²) in [5, 5.41) is 15.4. The Labute approximate surface area is 200 Å². The van der Waals surface area contributed by atoms with Crippen LogP contribution in [0.15, 0.2) is 36.5 Å². The fraction of sp³-hybridized carbons (Fsp3) is 0.444. The van der Waals surface area contributed by atoms with E-state index in [4.69, 9.17) is 27.1 Å². The molecule has 0 saturated heterocycles. The summed E-state index contributed by atoms with van der Waals surface area (Å²) in [5.41, 5.74) is 11.7. The Morgan fingerprint density at radius 3 is 2.61 bits per heavy atom. The summed E-state index contributed by atoms with van der Waals surface area (Å²) in [5.74, 6) is 1.10. The number of rotatable bonds is 6. The summed E-state index contributed by atoms with van der Waals surface area (Å²) < 4.78 is 5.32. The van der Waals surface area contributed by atoms with Gasteiger partial charge in [-0.2, -0.15) is 0 Å². The number of nitrogens with zero attached hydrogens (tertiary/aromatic N) is 1. The normalized spacial score (nSPS) is 23.0. The molecule has 174 valence electrons. The number of hydrogen-bond donors (Lipinski definition) is 3. The largest absolute Gasteiger partial charge is 0.503 e. The van der Waals surface area contributed by atoms with Gasteiger partial charge in [0, 0.05) is 28.9 Å². The van der Waals surface area contributed by atoms with Crippen molar-refractivity contribution in [1.29, 1.82) is 0 Å². The number of hydrogen-bond acceptors (Lipinski definition) is 5. The molecule has 2 fully saturated rings. The maximum atomic E-state index is 10.1. The zero-order chi connectivity index (χ0) is 23.2. The van der Waals surface area contributed by atoms with Crippen molar-refractivity contribution >= 4 is 28.2 Å². The molecule has 2 aliphatic rings. The molecule has 2 aromatic carbocycles. The van der Waals surface area contributed by atoms with Crippen LogP contribution >= 0.6 is 11.6 Å². The van der Waals surface area contributed by atoms with Crippen molar-refractivity contribution in [1.82, 2.24) is 4.98 Å². The van der Waals surface area contributed by atoms with Gasteiger partial charge in [0.05, 0.1) is 17.6 Å². The summed E-state index contributed by atoms with van der Waals surface area (Å²) in [6.07, 6.45) is 9.94. The number of benzene rings is 2. The molecule has 2 saturated carbocycles. The fourth-order valence-electron chi connectivity index (χ4n) is 4.89. The summed E-state index contributed by atoms with van der Waals surface area (Å²) >= 11 is 6.27. The number of anilines is 1. The van der Waals surface area contributed by atoms with Gasteiger partial charge in [-0.05, 0) is 98.7 Å². The van der Waals surface area contributed by atoms with Crippen LogP contribution in [0.25, 0.3) is 22.0 Å². The molecule has 1 heterocycles. The molecule has 0 bridgehead atoms. The molecule has 33 heavy (non-hydrogen) atoms. The second-order valence-electron chi connectivity index (χ2n) is 10.1. The number of nitrogens with one attached hydrogen (secondary N) is 1. The molecule has 0 unspecified atom stereocenters. The molecule has 2 aliphatic carbocycles. The van der Waals surface area contributed by atoms with Crippen molar-refractivity contribution in [3.63, 3.8) is 0 Å². The highest BCUT2D eigenvalue weighted by Crippen LogP contribution is 2.41. The van der Waals surface area contributed by atoms with Crippen molar-refractivity contribution in [2.24, 2.45) is 11.7 Å². The predicted octanol–water partition coefficient (Wildman–Crippen LogP) is 6.29. The highest BCUT2D eigenvalue weighted by Gasteiger charge is 2.29. The fourth-order valence-corrected chi connectivity index (χ4v) is 5.10. The average Bonchev–Trinajstić information content (AvgIpc) is 3.62. The van der Waals surface area contributed by atoms with Gasteiger partial charge in [-0.3, -0.25) is 4.98 Å². The van der Waals surface area contributed by atoms with Crippen LogP contribution in [0.5, 0.6) is 11.5 Å². The lowest BCUT2D eigenvalue weighted by atomic mass is 9.81. The number of phenolic OH excluding ortho intramolecular Hbond substituents is 1. The molecular weight excluding hydrogens is 434 g/mol. The molecule has 0 atom stereocenters. The first-order valence-corrected chi connectivity index (χ1v) is 12.2. The number of fused-ring (bicyclic) bond motifs is 1. The van der Waals surface area contributed by atoms with Crippen molar-refractivity contribution < 1.29 is 9.84 Å². The van der Waals surface area contributed by atoms with Gasteiger partial charge in [-0.25, -0.2) is 0 Å². The van der Waals surface area contributed by atoms with Gasteiger partial charge >= 0.3 is 0 Å². The second kappa shape index (κ2) is 8.69. The minimum atomic E-state index is -0.0559. The Morgan fingerprint density at radius 1 is 1.15 bits per heavy atom. The Kier molecular flexibility index (Phi) is 5.87. The van der Waals surface area contributed by atoms with E-state index >= 15 is 0 Å². The van der Waals surface area contributed by atoms with Gasteiger partial charge in [-0.1, -0.05) is 17.7 Å². The van der Waals surface area contributed by atoms with Gasteiger partial charge in [0.2, 0.25) is 0 Å². The highest BCUT2D eigenvalue weighted by molar-refractivity contribution is 6.32. The Balaban J connectivity index is 1.56. The van der Waals surface area contributed by atoms with Gasteiger partial charge in [0.25, 0.3) is 0 Å². The Hall–Kier alpha value is -2.50. The van der Waals surface area contributed by atoms with E-state index < -0.39 is 0 Å². The quantitative estimate of drug-likeness (QED) is 0.398. The lowest BCUT2D eigenvalue weighted by Crippen LogP contribution is -2.43. The van der Waals surface area contributed by atoms with E-state index in [-0.39, 0.29) is 16.3 Å². The van der Waals surface area contributed by atoms with Crippen LogP contribution < -0.4 is 15.8 Å². The van der Waals surface area contributed by atoms with E-state index in [0.717, 1.165) is 60.1 Å². The van der Waals surface area contributed by atoms with E-state index in [2.05, 4.69) is 30.6 Å². The van der Waals surface area contributed by atoms with Crippen LogP contribution in [0.2, 0.25) is 5.02 Å². The van der Waals surface area contributed by atoms with Gasteiger partial charge in [0.1, 0.15) is 0 Å². The molecule has 6 heteroatoms. The monoisotopic (exact) mass is 465 g/mol. The minimum Gasteiger partial charge on any atom is -0.503 e. The summed E-state index contributed by atoms with van der Waals surface area (Å²) in [6.45, 7) is 2.16. The zero-order valence-corrected chi connectivity index (χ0v) is 20.1. The topological polar surface area (TPSA) is 80.4 Å². The highest BCUT2D eigenvalue weighted by atomic mass is 35.5. The molecule has 5 nitrogen and oxygen atoms in total. The number of pyridine rings is 1. The van der Waals surface area contributed by atoms with Gasteiger partial charge in [-0.15, -0.1) is 0 Å². The van der Waals surface area contributed by atoms with Crippen LogP contribution in [0.3, 0.4) is 0 Å². The molecule has 1 aromatic heterocycles. The van der Waals surface area contributed by atoms with Crippen LogP contribution in [-0.2, 0) is 6.42 Å². The van der Waals surface area contributed by atoms with E-state index in [1.54, 1.807) is 6.07 Å². The third-order valence-corrected chi connectivity index (χ3v) is 7.50. The SMILES string of the molecule is COc1cc(-c2ccc3ncc(CC4CC4)c(NC4CCC(C)(N)CC4)c3c2)cc(Cl)c1O. The zero-order valence-electron chi connectivity index (χ0n) is 19.3. The Bertz CT molecular complexity index is 1180. The molecular formula is C27H32ClN3O2. The molecule has 5 rings (SSSR count). The molecule has 0 radical (unpaired) electrons. The number of aromatic nitrogens is 1. The number of nitrogens with two attached hydrogens (primary N) is 1. The smallest absolute Gasteiger partial charge is 0.176 e. The van der Waals surface area contributed by atoms with Crippen molar-refractivity contribution in [2.45, 2.75) is 63.5 Å². The van der Waals surface area contributed by atoms with Crippen molar-refractivity contribution in [3.05, 3.63) is 47.1 Å². The number of ether oxygens (including phenoxy) is 1. The van der Waals surface area contributed by atoms with Gasteiger partial charge < -0.3 is 20.9 Å². The summed E-state index contributed by atoms with van der Waals surface area (Å²) in [7, 11) is 1.53. The first kappa shape index (κ1) is 22.3. The van der Waals surface area contributed by atoms with Crippen LogP contribution in [0.4, 0.5) is 5.69 Å². The number of aromatic hydroxyl groups is 1. The molecule has 3 aromatic rings. The summed E-state index contributed by atoms with van der Waals surface area (Å²) in [6, 6.07) is 10.3. The number of phenols is 1. The third-order valence-electron chi connectivity index (χ3n) is 7.21. The van der Waals surface area contributed by atoms with Crippen molar-refractivity contribution in [2.75, 3.05) is 12.4 Å². The standard InChI is InChI=1S/C27H32ClN3O2/c1-27(29)9-7-20(8-10-27)31-25-19(11-16-3-4-16)15-30-23-6-5-17(12-21(23)25)18-13-22(28)26(32)24(14-18)33-2/h5-6,12-16,20,32H,3-4,7-11,29H2,1-2H3,(H,30,31). The van der Waals surface area contributed by atoms with E-state index in [0.29, 0.717) is 11.8 Å². The molecule has 0 amide bonds. The number of halogens is 1. The predicted molar refractivity (Wildman–Crippen MR) is 135 cm³/mol. The minimum absolute atomic E-state index is 0.0383. The molecule has 0 aliphatic heterocycles. The lowest BCUT2D eigenvalue weighted by Gasteiger charge is -2.35. The van der Waals surface area contributed by atoms with Gasteiger partial charge in [0.15, 0.2) is 11.5 Å². The third kappa shape index (κ3) is 4.75. The van der Waals surface area contributed by atoms with Crippen LogP contribution in [0, 0.1) is 5.92 Å². The van der Waals surface area contributed by atoms with Crippen molar-refractivity contribution in [3.8, 4) is 22.6 Å². The lowest BCUT2D eigenvalue weighted by molar-refractivity contribution is 0.305. The molecule has 4 N–H and O–H groups in total. The maximum Gasteiger partial charge on any atom is 0.176 e. The summed E-state index contributed by atoms with van der Waals surface area (Å²) in [4.78, 5) is 4.79. The van der Waals surface area contributed by atoms with E-state index in [1.165, 1.54) is 31.2 Å². The first-order chi connectivity index (χ1) is 15.8. The van der Waals surface area contributed by atoms with Crippen LogP contribution in [-0.4, -0.2) is 28.8 Å². The average molecular weight is 466 g/mol. The van der Waals surface area contributed by atoms with E-state index in [1.807, 2.05) is 12.1 Å². The Morgan fingerprint density at radius 2 is 1.91 bits per heavy atom. The first-order valence-electron chi connectivity index (χ1n) is 11.9. The van der Waals surface area contributed by atoms with E-state index in [9.17, 15) is 5.11 Å².